The van der Waals surface area contributed by atoms with Gasteiger partial charge in [0.1, 0.15) is 18.2 Å². The highest BCUT2D eigenvalue weighted by Gasteiger charge is 2.10. The Morgan fingerprint density at radius 3 is 2.73 bits per heavy atom. The Morgan fingerprint density at radius 2 is 2.00 bits per heavy atom. The van der Waals surface area contributed by atoms with Crippen LogP contribution in [-0.2, 0) is 13.2 Å². The molecule has 0 radical (unpaired) electrons. The number of nitrogens with one attached hydrogen (secondary N) is 2. The van der Waals surface area contributed by atoms with Gasteiger partial charge in [-0.3, -0.25) is 9.98 Å². The van der Waals surface area contributed by atoms with Crippen LogP contribution in [-0.4, -0.2) is 18.0 Å². The number of rotatable bonds is 7. The van der Waals surface area contributed by atoms with Crippen LogP contribution < -0.4 is 15.4 Å². The molecule has 0 spiro atoms. The number of guanidine groups is 1. The monoisotopic (exact) mass is 406 g/mol. The van der Waals surface area contributed by atoms with Crippen molar-refractivity contribution >= 4 is 5.96 Å². The summed E-state index contributed by atoms with van der Waals surface area (Å²) in [6.45, 7) is 4.73. The number of halogens is 1. The van der Waals surface area contributed by atoms with E-state index in [0.717, 1.165) is 22.6 Å². The molecular formula is C24H27FN4O. The summed E-state index contributed by atoms with van der Waals surface area (Å²) in [6, 6.07) is 18.8. The molecule has 0 aliphatic rings. The predicted octanol–water partition coefficient (Wildman–Crippen LogP) is 4.53. The number of ether oxygens (including phenoxy) is 1. The van der Waals surface area contributed by atoms with E-state index in [1.807, 2.05) is 55.5 Å². The van der Waals surface area contributed by atoms with Crippen molar-refractivity contribution in [2.45, 2.75) is 33.0 Å². The minimum atomic E-state index is -0.202. The molecule has 2 aromatic carbocycles. The third-order valence-corrected chi connectivity index (χ3v) is 4.74. The van der Waals surface area contributed by atoms with Gasteiger partial charge in [-0.15, -0.1) is 0 Å². The Kier molecular flexibility index (Phi) is 7.38. The summed E-state index contributed by atoms with van der Waals surface area (Å²) in [4.78, 5) is 8.53. The summed E-state index contributed by atoms with van der Waals surface area (Å²) in [5, 5.41) is 6.58. The van der Waals surface area contributed by atoms with Crippen LogP contribution in [0.15, 0.2) is 71.9 Å². The van der Waals surface area contributed by atoms with E-state index in [1.165, 1.54) is 0 Å². The molecule has 0 saturated carbocycles. The first-order valence-electron chi connectivity index (χ1n) is 9.90. The summed E-state index contributed by atoms with van der Waals surface area (Å²) >= 11 is 0. The minimum absolute atomic E-state index is 0.0839. The number of pyridine rings is 1. The van der Waals surface area contributed by atoms with E-state index >= 15 is 0 Å². The zero-order valence-corrected chi connectivity index (χ0v) is 17.5. The molecule has 0 aliphatic carbocycles. The Balaban J connectivity index is 1.55. The highest BCUT2D eigenvalue weighted by molar-refractivity contribution is 5.80. The third kappa shape index (κ3) is 6.04. The molecule has 0 aliphatic heterocycles. The molecule has 0 amide bonds. The zero-order valence-electron chi connectivity index (χ0n) is 17.5. The Labute approximate surface area is 177 Å². The maximum atomic E-state index is 13.8. The van der Waals surface area contributed by atoms with Crippen molar-refractivity contribution in [1.29, 1.82) is 0 Å². The van der Waals surface area contributed by atoms with Crippen LogP contribution in [0.25, 0.3) is 0 Å². The second-order valence-electron chi connectivity index (χ2n) is 7.06. The maximum Gasteiger partial charge on any atom is 0.191 e. The minimum Gasteiger partial charge on any atom is -0.487 e. The number of aliphatic imine (C=N–C) groups is 1. The molecule has 1 unspecified atom stereocenters. The first kappa shape index (κ1) is 21.3. The lowest BCUT2D eigenvalue weighted by Crippen LogP contribution is -2.38. The summed E-state index contributed by atoms with van der Waals surface area (Å²) in [5.41, 5.74) is 3.45. The standard InChI is InChI=1S/C24H27FN4O/c1-17-10-11-20(14-23(17)25)18(2)29-24(26-3)28-15-19-7-6-9-22(13-19)30-16-21-8-4-5-12-27-21/h4-14,18H,15-16H2,1-3H3,(H2,26,28,29). The van der Waals surface area contributed by atoms with Crippen molar-refractivity contribution in [3.63, 3.8) is 0 Å². The van der Waals surface area contributed by atoms with E-state index in [0.29, 0.717) is 24.7 Å². The molecule has 0 fully saturated rings. The molecule has 156 valence electrons. The van der Waals surface area contributed by atoms with Crippen molar-refractivity contribution < 1.29 is 9.13 Å². The van der Waals surface area contributed by atoms with Crippen molar-refractivity contribution in [2.75, 3.05) is 7.05 Å². The van der Waals surface area contributed by atoms with Gasteiger partial charge in [0.05, 0.1) is 11.7 Å². The number of aryl methyl sites for hydroxylation is 1. The topological polar surface area (TPSA) is 58.5 Å². The normalized spacial score (nSPS) is 12.3. The van der Waals surface area contributed by atoms with Crippen molar-refractivity contribution in [1.82, 2.24) is 15.6 Å². The Bertz CT molecular complexity index is 992. The highest BCUT2D eigenvalue weighted by Crippen LogP contribution is 2.17. The second-order valence-corrected chi connectivity index (χ2v) is 7.06. The average Bonchev–Trinajstić information content (AvgIpc) is 2.78. The van der Waals surface area contributed by atoms with Crippen LogP contribution >= 0.6 is 0 Å². The number of hydrogen-bond donors (Lipinski definition) is 2. The molecule has 0 saturated heterocycles. The lowest BCUT2D eigenvalue weighted by molar-refractivity contribution is 0.301. The number of benzene rings is 2. The van der Waals surface area contributed by atoms with Crippen LogP contribution in [0.5, 0.6) is 5.75 Å². The molecule has 1 heterocycles. The van der Waals surface area contributed by atoms with Gasteiger partial charge in [0.2, 0.25) is 0 Å². The molecule has 0 bridgehead atoms. The van der Waals surface area contributed by atoms with Crippen molar-refractivity contribution in [2.24, 2.45) is 4.99 Å². The molecule has 1 atom stereocenters. The van der Waals surface area contributed by atoms with Gasteiger partial charge in [-0.2, -0.15) is 0 Å². The third-order valence-electron chi connectivity index (χ3n) is 4.74. The van der Waals surface area contributed by atoms with Gasteiger partial charge in [-0.25, -0.2) is 4.39 Å². The van der Waals surface area contributed by atoms with E-state index in [1.54, 1.807) is 32.3 Å². The van der Waals surface area contributed by atoms with E-state index < -0.39 is 0 Å². The van der Waals surface area contributed by atoms with Gasteiger partial charge in [-0.1, -0.05) is 30.3 Å². The first-order valence-corrected chi connectivity index (χ1v) is 9.90. The molecular weight excluding hydrogens is 379 g/mol. The van der Waals surface area contributed by atoms with Crippen LogP contribution in [0.3, 0.4) is 0 Å². The fourth-order valence-electron chi connectivity index (χ4n) is 2.93. The Morgan fingerprint density at radius 1 is 1.13 bits per heavy atom. The smallest absolute Gasteiger partial charge is 0.191 e. The lowest BCUT2D eigenvalue weighted by Gasteiger charge is -2.19. The molecule has 1 aromatic heterocycles. The summed E-state index contributed by atoms with van der Waals surface area (Å²) in [5.74, 6) is 1.22. The van der Waals surface area contributed by atoms with Crippen molar-refractivity contribution in [3.8, 4) is 5.75 Å². The molecule has 6 heteroatoms. The quantitative estimate of drug-likeness (QED) is 0.447. The summed E-state index contributed by atoms with van der Waals surface area (Å²) in [6.07, 6.45) is 1.75. The number of nitrogens with zero attached hydrogens (tertiary/aromatic N) is 2. The number of hydrogen-bond acceptors (Lipinski definition) is 3. The van der Waals surface area contributed by atoms with Crippen LogP contribution in [0.2, 0.25) is 0 Å². The van der Waals surface area contributed by atoms with Gasteiger partial charge in [-0.05, 0) is 60.9 Å². The largest absolute Gasteiger partial charge is 0.487 e. The van der Waals surface area contributed by atoms with Crippen LogP contribution in [0.1, 0.15) is 35.3 Å². The van der Waals surface area contributed by atoms with Gasteiger partial charge in [0.25, 0.3) is 0 Å². The average molecular weight is 407 g/mol. The van der Waals surface area contributed by atoms with E-state index in [-0.39, 0.29) is 11.9 Å². The van der Waals surface area contributed by atoms with Crippen LogP contribution in [0.4, 0.5) is 4.39 Å². The molecule has 2 N–H and O–H groups in total. The summed E-state index contributed by atoms with van der Waals surface area (Å²) < 4.78 is 19.7. The molecule has 3 aromatic rings. The number of aromatic nitrogens is 1. The first-order chi connectivity index (χ1) is 14.5. The van der Waals surface area contributed by atoms with Gasteiger partial charge in [0, 0.05) is 19.8 Å². The van der Waals surface area contributed by atoms with Crippen molar-refractivity contribution in [3.05, 3.63) is 95.1 Å². The fraction of sp³-hybridized carbons (Fsp3) is 0.250. The SMILES string of the molecule is CN=C(NCc1cccc(OCc2ccccn2)c1)NC(C)c1ccc(C)c(F)c1. The lowest BCUT2D eigenvalue weighted by atomic mass is 10.1. The van der Waals surface area contributed by atoms with Gasteiger partial charge >= 0.3 is 0 Å². The van der Waals surface area contributed by atoms with Gasteiger partial charge < -0.3 is 15.4 Å². The van der Waals surface area contributed by atoms with Gasteiger partial charge in [0.15, 0.2) is 5.96 Å². The predicted molar refractivity (Wildman–Crippen MR) is 118 cm³/mol. The molecule has 5 nitrogen and oxygen atoms in total. The second kappa shape index (κ2) is 10.4. The fourth-order valence-corrected chi connectivity index (χ4v) is 2.93. The maximum absolute atomic E-state index is 13.8. The molecule has 30 heavy (non-hydrogen) atoms. The molecule has 3 rings (SSSR count). The van der Waals surface area contributed by atoms with E-state index in [9.17, 15) is 4.39 Å². The highest BCUT2D eigenvalue weighted by atomic mass is 19.1. The van der Waals surface area contributed by atoms with E-state index in [4.69, 9.17) is 4.74 Å². The zero-order chi connectivity index (χ0) is 21.3. The summed E-state index contributed by atoms with van der Waals surface area (Å²) in [7, 11) is 1.71. The van der Waals surface area contributed by atoms with Crippen LogP contribution in [0, 0.1) is 12.7 Å². The Hall–Kier alpha value is -3.41. The van der Waals surface area contributed by atoms with E-state index in [2.05, 4.69) is 20.6 Å².